The molecule has 1 aromatic carbocycles. The number of rotatable bonds is 2. The molecule has 1 rings (SSSR count). The zero-order valence-electron chi connectivity index (χ0n) is 7.23. The molecule has 12 heavy (non-hydrogen) atoms. The fourth-order valence-corrected chi connectivity index (χ4v) is 1.39. The maximum Gasteiger partial charge on any atom is 0.119 e. The van der Waals surface area contributed by atoms with E-state index in [9.17, 15) is 0 Å². The van der Waals surface area contributed by atoms with Gasteiger partial charge < -0.3 is 4.74 Å². The van der Waals surface area contributed by atoms with E-state index in [2.05, 4.69) is 22.5 Å². The Bertz CT molecular complexity index is 305. The molecule has 0 saturated carbocycles. The highest BCUT2D eigenvalue weighted by Gasteiger charge is 2.04. The largest absolute Gasteiger partial charge is 0.497 e. The monoisotopic (exact) mass is 226 g/mol. The number of hydrogen-bond donors (Lipinski definition) is 0. The number of halogens is 1. The van der Waals surface area contributed by atoms with Gasteiger partial charge in [0.2, 0.25) is 0 Å². The van der Waals surface area contributed by atoms with Gasteiger partial charge in [0.1, 0.15) is 5.76 Å². The SMILES string of the molecule is C=C(OC)c1cccc(Br)c1C. The average Bonchev–Trinajstić information content (AvgIpc) is 2.08. The molecule has 1 nitrogen and oxygen atoms in total. The van der Waals surface area contributed by atoms with E-state index in [1.54, 1.807) is 7.11 Å². The first-order valence-corrected chi connectivity index (χ1v) is 4.44. The van der Waals surface area contributed by atoms with Crippen LogP contribution in [0.15, 0.2) is 29.3 Å². The minimum atomic E-state index is 0.703. The molecule has 0 spiro atoms. The van der Waals surface area contributed by atoms with Gasteiger partial charge in [0.05, 0.1) is 7.11 Å². The first-order valence-electron chi connectivity index (χ1n) is 3.65. The third kappa shape index (κ3) is 1.69. The van der Waals surface area contributed by atoms with Gasteiger partial charge in [0.25, 0.3) is 0 Å². The summed E-state index contributed by atoms with van der Waals surface area (Å²) in [4.78, 5) is 0. The summed E-state index contributed by atoms with van der Waals surface area (Å²) < 4.78 is 6.14. The van der Waals surface area contributed by atoms with Crippen molar-refractivity contribution in [1.82, 2.24) is 0 Å². The topological polar surface area (TPSA) is 9.23 Å². The third-order valence-corrected chi connectivity index (χ3v) is 2.67. The van der Waals surface area contributed by atoms with Crippen LogP contribution in [-0.4, -0.2) is 7.11 Å². The van der Waals surface area contributed by atoms with Crippen LogP contribution in [0.4, 0.5) is 0 Å². The van der Waals surface area contributed by atoms with Crippen LogP contribution in [0.1, 0.15) is 11.1 Å². The molecule has 2 heteroatoms. The minimum absolute atomic E-state index is 0.703. The second-order valence-corrected chi connectivity index (χ2v) is 3.39. The Labute approximate surface area is 81.2 Å². The van der Waals surface area contributed by atoms with Gasteiger partial charge in [-0.05, 0) is 18.6 Å². The predicted molar refractivity (Wildman–Crippen MR) is 54.9 cm³/mol. The Hall–Kier alpha value is -0.760. The summed E-state index contributed by atoms with van der Waals surface area (Å²) in [6.07, 6.45) is 0. The lowest BCUT2D eigenvalue weighted by molar-refractivity contribution is 0.371. The Morgan fingerprint density at radius 3 is 2.75 bits per heavy atom. The number of methoxy groups -OCH3 is 1. The van der Waals surface area contributed by atoms with Crippen LogP contribution in [0.2, 0.25) is 0 Å². The average molecular weight is 227 g/mol. The normalized spacial score (nSPS) is 9.58. The zero-order chi connectivity index (χ0) is 9.14. The highest BCUT2D eigenvalue weighted by molar-refractivity contribution is 9.10. The Morgan fingerprint density at radius 1 is 1.50 bits per heavy atom. The van der Waals surface area contributed by atoms with E-state index in [0.717, 1.165) is 15.6 Å². The van der Waals surface area contributed by atoms with Gasteiger partial charge in [-0.2, -0.15) is 0 Å². The second-order valence-electron chi connectivity index (χ2n) is 2.54. The minimum Gasteiger partial charge on any atom is -0.497 e. The van der Waals surface area contributed by atoms with Gasteiger partial charge in [-0.1, -0.05) is 34.6 Å². The van der Waals surface area contributed by atoms with Crippen molar-refractivity contribution in [2.24, 2.45) is 0 Å². The molecule has 0 amide bonds. The van der Waals surface area contributed by atoms with E-state index in [0.29, 0.717) is 5.76 Å². The molecule has 0 saturated heterocycles. The summed E-state index contributed by atoms with van der Waals surface area (Å²) in [7, 11) is 1.63. The van der Waals surface area contributed by atoms with Crippen LogP contribution in [0.25, 0.3) is 5.76 Å². The molecular weight excluding hydrogens is 216 g/mol. The van der Waals surface area contributed by atoms with Gasteiger partial charge in [-0.3, -0.25) is 0 Å². The van der Waals surface area contributed by atoms with Crippen LogP contribution in [0, 0.1) is 6.92 Å². The van der Waals surface area contributed by atoms with Crippen molar-refractivity contribution in [3.63, 3.8) is 0 Å². The van der Waals surface area contributed by atoms with Crippen LogP contribution in [0.3, 0.4) is 0 Å². The molecule has 0 aliphatic heterocycles. The number of ether oxygens (including phenoxy) is 1. The molecule has 0 fully saturated rings. The molecule has 0 aliphatic carbocycles. The number of benzene rings is 1. The van der Waals surface area contributed by atoms with E-state index in [-0.39, 0.29) is 0 Å². The van der Waals surface area contributed by atoms with Crippen LogP contribution in [0.5, 0.6) is 0 Å². The molecule has 0 radical (unpaired) electrons. The summed E-state index contributed by atoms with van der Waals surface area (Å²) in [6, 6.07) is 5.96. The van der Waals surface area contributed by atoms with Gasteiger partial charge in [-0.15, -0.1) is 0 Å². The van der Waals surface area contributed by atoms with Crippen molar-refractivity contribution in [3.05, 3.63) is 40.4 Å². The Balaban J connectivity index is 3.16. The van der Waals surface area contributed by atoms with Gasteiger partial charge in [0, 0.05) is 10.0 Å². The molecule has 0 heterocycles. The van der Waals surface area contributed by atoms with Crippen molar-refractivity contribution in [2.45, 2.75) is 6.92 Å². The predicted octanol–water partition coefficient (Wildman–Crippen LogP) is 3.37. The van der Waals surface area contributed by atoms with Crippen molar-refractivity contribution < 1.29 is 4.74 Å². The molecule has 1 aromatic rings. The van der Waals surface area contributed by atoms with E-state index >= 15 is 0 Å². The van der Waals surface area contributed by atoms with Crippen molar-refractivity contribution >= 4 is 21.7 Å². The molecule has 0 bridgehead atoms. The zero-order valence-corrected chi connectivity index (χ0v) is 8.81. The first kappa shape index (κ1) is 9.33. The summed E-state index contributed by atoms with van der Waals surface area (Å²) in [5, 5.41) is 0. The molecule has 0 aliphatic rings. The van der Waals surface area contributed by atoms with Crippen LogP contribution >= 0.6 is 15.9 Å². The van der Waals surface area contributed by atoms with Crippen LogP contribution in [-0.2, 0) is 4.74 Å². The maximum absolute atomic E-state index is 5.06. The van der Waals surface area contributed by atoms with Gasteiger partial charge in [-0.25, -0.2) is 0 Å². The Kier molecular flexibility index (Phi) is 2.93. The molecular formula is C10H11BrO. The first-order chi connectivity index (χ1) is 5.66. The lowest BCUT2D eigenvalue weighted by Crippen LogP contribution is -1.89. The van der Waals surface area contributed by atoms with Gasteiger partial charge >= 0.3 is 0 Å². The summed E-state index contributed by atoms with van der Waals surface area (Å²) in [6.45, 7) is 5.83. The van der Waals surface area contributed by atoms with E-state index in [4.69, 9.17) is 4.74 Å². The molecule has 0 N–H and O–H groups in total. The van der Waals surface area contributed by atoms with Crippen molar-refractivity contribution in [2.75, 3.05) is 7.11 Å². The van der Waals surface area contributed by atoms with E-state index in [1.807, 2.05) is 25.1 Å². The molecule has 64 valence electrons. The summed E-state index contributed by atoms with van der Waals surface area (Å²) >= 11 is 3.45. The van der Waals surface area contributed by atoms with Gasteiger partial charge in [0.15, 0.2) is 0 Å². The molecule has 0 unspecified atom stereocenters. The lowest BCUT2D eigenvalue weighted by atomic mass is 10.1. The van der Waals surface area contributed by atoms with Crippen LogP contribution < -0.4 is 0 Å². The fourth-order valence-electron chi connectivity index (χ4n) is 1.02. The summed E-state index contributed by atoms with van der Waals surface area (Å²) in [5.74, 6) is 0.703. The van der Waals surface area contributed by atoms with E-state index in [1.165, 1.54) is 0 Å². The Morgan fingerprint density at radius 2 is 2.17 bits per heavy atom. The maximum atomic E-state index is 5.06. The standard InChI is InChI=1S/C10H11BrO/c1-7-9(8(2)12-3)5-4-6-10(7)11/h4-6H,2H2,1,3H3. The molecule has 0 atom stereocenters. The lowest BCUT2D eigenvalue weighted by Gasteiger charge is -2.08. The van der Waals surface area contributed by atoms with E-state index < -0.39 is 0 Å². The second kappa shape index (κ2) is 3.76. The third-order valence-electron chi connectivity index (χ3n) is 1.81. The smallest absolute Gasteiger partial charge is 0.119 e. The summed E-state index contributed by atoms with van der Waals surface area (Å²) in [5.41, 5.74) is 2.20. The van der Waals surface area contributed by atoms with Crippen molar-refractivity contribution in [3.8, 4) is 0 Å². The quantitative estimate of drug-likeness (QED) is 0.703. The number of hydrogen-bond acceptors (Lipinski definition) is 1. The van der Waals surface area contributed by atoms with Crippen molar-refractivity contribution in [1.29, 1.82) is 0 Å². The highest BCUT2D eigenvalue weighted by Crippen LogP contribution is 2.24. The fraction of sp³-hybridized carbons (Fsp3) is 0.200. The highest BCUT2D eigenvalue weighted by atomic mass is 79.9. The molecule has 0 aromatic heterocycles.